The number of nitrogens with zero attached hydrogens (tertiary/aromatic N) is 4. The summed E-state index contributed by atoms with van der Waals surface area (Å²) in [6.07, 6.45) is 5.38. The van der Waals surface area contributed by atoms with Crippen molar-refractivity contribution in [3.05, 3.63) is 66.4 Å². The van der Waals surface area contributed by atoms with E-state index in [4.69, 9.17) is 5.73 Å². The molecule has 1 atom stereocenters. The van der Waals surface area contributed by atoms with Crippen molar-refractivity contribution in [2.45, 2.75) is 37.9 Å². The molecule has 0 saturated carbocycles. The molecule has 0 bridgehead atoms. The zero-order valence-electron chi connectivity index (χ0n) is 20.8. The van der Waals surface area contributed by atoms with E-state index >= 15 is 0 Å². The lowest BCUT2D eigenvalue weighted by Gasteiger charge is -2.34. The average Bonchev–Trinajstić information content (AvgIpc) is 3.35. The molecule has 8 nitrogen and oxygen atoms in total. The predicted octanol–water partition coefficient (Wildman–Crippen LogP) is 3.29. The summed E-state index contributed by atoms with van der Waals surface area (Å²) in [7, 11) is 1.79. The number of carbonyl (C=O) groups is 2. The Morgan fingerprint density at radius 3 is 2.53 bits per heavy atom. The largest absolute Gasteiger partial charge is 0.382 e. The third kappa shape index (κ3) is 5.05. The maximum absolute atomic E-state index is 13.3. The van der Waals surface area contributed by atoms with Crippen molar-refractivity contribution < 1.29 is 9.59 Å². The molecule has 3 N–H and O–H groups in total. The van der Waals surface area contributed by atoms with Crippen LogP contribution in [0.2, 0.25) is 0 Å². The number of anilines is 2. The number of nitrogens with one attached hydrogen (secondary N) is 1. The summed E-state index contributed by atoms with van der Waals surface area (Å²) in [5.74, 6) is 0.0522. The molecule has 3 heterocycles. The molecule has 2 aromatic carbocycles. The van der Waals surface area contributed by atoms with Gasteiger partial charge in [0, 0.05) is 55.7 Å². The first-order chi connectivity index (χ1) is 17.5. The summed E-state index contributed by atoms with van der Waals surface area (Å²) in [6, 6.07) is 17.7. The predicted molar refractivity (Wildman–Crippen MR) is 143 cm³/mol. The van der Waals surface area contributed by atoms with Crippen molar-refractivity contribution in [3.63, 3.8) is 0 Å². The molecule has 188 valence electrons. The van der Waals surface area contributed by atoms with E-state index < -0.39 is 0 Å². The van der Waals surface area contributed by atoms with Crippen molar-refractivity contribution in [1.82, 2.24) is 14.8 Å². The number of nitrogens with two attached hydrogens (primary N) is 1. The molecule has 3 aromatic rings. The normalized spacial score (nSPS) is 18.9. The van der Waals surface area contributed by atoms with E-state index in [9.17, 15) is 9.59 Å². The zero-order chi connectivity index (χ0) is 25.1. The molecule has 36 heavy (non-hydrogen) atoms. The Kier molecular flexibility index (Phi) is 7.16. The van der Waals surface area contributed by atoms with E-state index in [1.807, 2.05) is 59.5 Å². The smallest absolute Gasteiger partial charge is 0.260 e. The molecular weight excluding hydrogens is 452 g/mol. The highest BCUT2D eigenvalue weighted by atomic mass is 16.2. The highest BCUT2D eigenvalue weighted by molar-refractivity contribution is 6.14. The number of rotatable bonds is 6. The van der Waals surface area contributed by atoms with Gasteiger partial charge < -0.3 is 20.9 Å². The first-order valence-electron chi connectivity index (χ1n) is 12.8. The van der Waals surface area contributed by atoms with Crippen LogP contribution in [0.4, 0.5) is 11.4 Å². The second-order valence-electron chi connectivity index (χ2n) is 9.75. The number of benzene rings is 2. The Hall–Kier alpha value is -3.49. The molecule has 2 aliphatic rings. The Labute approximate surface area is 212 Å². The van der Waals surface area contributed by atoms with E-state index in [1.165, 1.54) is 0 Å². The zero-order valence-corrected chi connectivity index (χ0v) is 20.8. The number of para-hydroxylation sites is 1. The van der Waals surface area contributed by atoms with Crippen LogP contribution in [0.15, 0.2) is 60.8 Å². The molecule has 0 aliphatic carbocycles. The fourth-order valence-corrected chi connectivity index (χ4v) is 5.26. The maximum atomic E-state index is 13.3. The molecular formula is C28H34N6O2. The number of piperidine rings is 1. The highest BCUT2D eigenvalue weighted by Gasteiger charge is 2.28. The molecule has 2 fully saturated rings. The highest BCUT2D eigenvalue weighted by Crippen LogP contribution is 2.29. The Balaban J connectivity index is 1.25. The third-order valence-corrected chi connectivity index (χ3v) is 7.37. The van der Waals surface area contributed by atoms with Crippen molar-refractivity contribution in [2.75, 3.05) is 43.4 Å². The lowest BCUT2D eigenvalue weighted by atomic mass is 10.0. The van der Waals surface area contributed by atoms with Gasteiger partial charge in [-0.2, -0.15) is 0 Å². The second kappa shape index (κ2) is 10.6. The summed E-state index contributed by atoms with van der Waals surface area (Å²) in [5, 5.41) is 4.62. The molecule has 5 rings (SSSR count). The third-order valence-electron chi connectivity index (χ3n) is 7.37. The van der Waals surface area contributed by atoms with Gasteiger partial charge in [-0.15, -0.1) is 0 Å². The van der Waals surface area contributed by atoms with Crippen molar-refractivity contribution in [1.29, 1.82) is 0 Å². The van der Waals surface area contributed by atoms with Crippen molar-refractivity contribution >= 4 is 34.1 Å². The minimum atomic E-state index is -0.124. The van der Waals surface area contributed by atoms with Gasteiger partial charge in [0.2, 0.25) is 5.91 Å². The molecule has 2 amide bonds. The summed E-state index contributed by atoms with van der Waals surface area (Å²) in [4.78, 5) is 36.2. The minimum Gasteiger partial charge on any atom is -0.382 e. The van der Waals surface area contributed by atoms with Crippen LogP contribution in [0.25, 0.3) is 10.9 Å². The van der Waals surface area contributed by atoms with Gasteiger partial charge in [0.1, 0.15) is 0 Å². The molecule has 1 aromatic heterocycles. The van der Waals surface area contributed by atoms with E-state index in [0.29, 0.717) is 23.7 Å². The molecule has 0 spiro atoms. The Bertz CT molecular complexity index is 1230. The average molecular weight is 487 g/mol. The summed E-state index contributed by atoms with van der Waals surface area (Å²) in [6.45, 7) is 2.94. The van der Waals surface area contributed by atoms with E-state index in [2.05, 4.69) is 15.2 Å². The van der Waals surface area contributed by atoms with Crippen LogP contribution >= 0.6 is 0 Å². The van der Waals surface area contributed by atoms with Crippen LogP contribution in [-0.4, -0.2) is 72.0 Å². The fourth-order valence-electron chi connectivity index (χ4n) is 5.26. The lowest BCUT2D eigenvalue weighted by Crippen LogP contribution is -2.48. The lowest BCUT2D eigenvalue weighted by molar-refractivity contribution is -0.133. The van der Waals surface area contributed by atoms with Crippen molar-refractivity contribution in [3.8, 4) is 0 Å². The Morgan fingerprint density at radius 2 is 1.81 bits per heavy atom. The van der Waals surface area contributed by atoms with E-state index in [0.717, 1.165) is 62.1 Å². The number of fused-ring (bicyclic) bond motifs is 1. The maximum Gasteiger partial charge on any atom is 0.260 e. The number of pyridine rings is 1. The summed E-state index contributed by atoms with van der Waals surface area (Å²) < 4.78 is 0. The fraction of sp³-hybridized carbons (Fsp3) is 0.393. The molecule has 0 unspecified atom stereocenters. The molecule has 2 aliphatic heterocycles. The van der Waals surface area contributed by atoms with E-state index in [1.54, 1.807) is 18.1 Å². The van der Waals surface area contributed by atoms with Gasteiger partial charge in [-0.3, -0.25) is 19.5 Å². The van der Waals surface area contributed by atoms with Gasteiger partial charge in [-0.05, 0) is 62.1 Å². The monoisotopic (exact) mass is 486 g/mol. The van der Waals surface area contributed by atoms with Crippen LogP contribution in [0.5, 0.6) is 0 Å². The summed E-state index contributed by atoms with van der Waals surface area (Å²) >= 11 is 0. The molecule has 2 saturated heterocycles. The van der Waals surface area contributed by atoms with Gasteiger partial charge in [0.05, 0.1) is 23.8 Å². The van der Waals surface area contributed by atoms with Crippen LogP contribution in [0, 0.1) is 0 Å². The van der Waals surface area contributed by atoms with Gasteiger partial charge in [0.25, 0.3) is 5.91 Å². The summed E-state index contributed by atoms with van der Waals surface area (Å²) in [5.41, 5.74) is 9.16. The molecule has 8 heteroatoms. The number of likely N-dealkylation sites (tertiary alicyclic amines) is 2. The number of aromatic nitrogens is 1. The van der Waals surface area contributed by atoms with Crippen LogP contribution < -0.4 is 16.0 Å². The topological polar surface area (TPSA) is 94.8 Å². The van der Waals surface area contributed by atoms with Gasteiger partial charge >= 0.3 is 0 Å². The van der Waals surface area contributed by atoms with Gasteiger partial charge in [-0.1, -0.05) is 18.2 Å². The Morgan fingerprint density at radius 1 is 1.03 bits per heavy atom. The SMILES string of the molecule is CN(C(=O)c1ccc(NC2CCN(CC(=O)N3CCC[C@H]3N)CC2)c2cccnc12)c1ccccc1. The van der Waals surface area contributed by atoms with Crippen LogP contribution in [0.1, 0.15) is 36.0 Å². The van der Waals surface area contributed by atoms with Crippen LogP contribution in [0.3, 0.4) is 0 Å². The molecule has 0 radical (unpaired) electrons. The first kappa shape index (κ1) is 24.2. The standard InChI is InChI=1S/C28H34N6O2/c1-32(21-7-3-2-4-8-21)28(36)23-11-12-24(22-9-5-15-30-27(22)23)31-20-13-17-33(18-14-20)19-26(35)34-16-6-10-25(34)29/h2-5,7-9,11-12,15,20,25,31H,6,10,13-14,16-19,29H2,1H3/t25-/m0/s1. The number of amides is 2. The van der Waals surface area contributed by atoms with E-state index in [-0.39, 0.29) is 18.0 Å². The number of hydrogen-bond acceptors (Lipinski definition) is 6. The quantitative estimate of drug-likeness (QED) is 0.555. The minimum absolute atomic E-state index is 0.0906. The number of hydrogen-bond donors (Lipinski definition) is 2. The first-order valence-corrected chi connectivity index (χ1v) is 12.8. The van der Waals surface area contributed by atoms with Gasteiger partial charge in [-0.25, -0.2) is 0 Å². The van der Waals surface area contributed by atoms with Crippen LogP contribution in [-0.2, 0) is 4.79 Å². The second-order valence-corrected chi connectivity index (χ2v) is 9.75. The van der Waals surface area contributed by atoms with Crippen molar-refractivity contribution in [2.24, 2.45) is 5.73 Å². The van der Waals surface area contributed by atoms with Gasteiger partial charge in [0.15, 0.2) is 0 Å². The number of carbonyl (C=O) groups excluding carboxylic acids is 2.